The standard InChI is InChI=1S/C38H30N2O10S/c41-37(39(15-23-1-5-27-31(11-23)47-19-43-27)16-24-2-6-28-32(12-24)48-20-44-28)35-9-10-36(51-35)38(42)40(17-25-3-7-29-33(13-25)49-21-45-29)18-26-4-8-30-34(14-26)50-22-46-30/h1-14H,15-22H2. The van der Waals surface area contributed by atoms with Crippen LogP contribution < -0.4 is 37.9 Å². The number of thiophene rings is 1. The average molecular weight is 707 g/mol. The van der Waals surface area contributed by atoms with E-state index in [0.29, 0.717) is 81.9 Å². The fraction of sp³-hybridized carbons (Fsp3) is 0.211. The minimum atomic E-state index is -0.215. The van der Waals surface area contributed by atoms with Crippen LogP contribution in [0.3, 0.4) is 0 Å². The summed E-state index contributed by atoms with van der Waals surface area (Å²) in [5, 5.41) is 0. The molecule has 0 unspecified atom stereocenters. The average Bonchev–Trinajstić information content (AvgIpc) is 4.00. The van der Waals surface area contributed by atoms with Crippen molar-refractivity contribution in [2.24, 2.45) is 0 Å². The molecule has 4 aromatic carbocycles. The Bertz CT molecular complexity index is 1900. The molecule has 0 atom stereocenters. The van der Waals surface area contributed by atoms with Crippen molar-refractivity contribution in [3.63, 3.8) is 0 Å². The van der Waals surface area contributed by atoms with Crippen LogP contribution in [0.5, 0.6) is 46.0 Å². The van der Waals surface area contributed by atoms with Gasteiger partial charge in [0.1, 0.15) is 0 Å². The third kappa shape index (κ3) is 6.27. The molecule has 0 spiro atoms. The zero-order valence-corrected chi connectivity index (χ0v) is 27.9. The molecule has 0 bridgehead atoms. The maximum atomic E-state index is 14.3. The summed E-state index contributed by atoms with van der Waals surface area (Å²) in [6, 6.07) is 26.0. The molecule has 0 fully saturated rings. The Balaban J connectivity index is 0.991. The Morgan fingerprint density at radius 2 is 0.686 bits per heavy atom. The van der Waals surface area contributed by atoms with Crippen LogP contribution in [0.25, 0.3) is 0 Å². The lowest BCUT2D eigenvalue weighted by atomic mass is 10.1. The fourth-order valence-electron chi connectivity index (χ4n) is 6.32. The number of nitrogens with zero attached hydrogens (tertiary/aromatic N) is 2. The molecule has 12 nitrogen and oxygen atoms in total. The Hall–Kier alpha value is -6.08. The molecule has 1 aromatic heterocycles. The maximum absolute atomic E-state index is 14.3. The quantitative estimate of drug-likeness (QED) is 0.163. The molecule has 4 aliphatic heterocycles. The van der Waals surface area contributed by atoms with Crippen LogP contribution in [0.4, 0.5) is 0 Å². The topological polar surface area (TPSA) is 114 Å². The summed E-state index contributed by atoms with van der Waals surface area (Å²) < 4.78 is 44.3. The number of rotatable bonds is 10. The smallest absolute Gasteiger partial charge is 0.264 e. The van der Waals surface area contributed by atoms with E-state index in [2.05, 4.69) is 0 Å². The second-order valence-electron chi connectivity index (χ2n) is 12.2. The van der Waals surface area contributed by atoms with Crippen LogP contribution in [-0.4, -0.2) is 48.8 Å². The van der Waals surface area contributed by atoms with E-state index in [9.17, 15) is 9.59 Å². The Kier molecular flexibility index (Phi) is 7.88. The Morgan fingerprint density at radius 1 is 0.412 bits per heavy atom. The Morgan fingerprint density at radius 3 is 0.980 bits per heavy atom. The highest BCUT2D eigenvalue weighted by atomic mass is 32.1. The van der Waals surface area contributed by atoms with E-state index >= 15 is 0 Å². The molecule has 9 rings (SSSR count). The molecule has 0 saturated carbocycles. The number of benzene rings is 4. The van der Waals surface area contributed by atoms with E-state index in [4.69, 9.17) is 37.9 Å². The molecular formula is C38H30N2O10S. The maximum Gasteiger partial charge on any atom is 0.264 e. The zero-order valence-electron chi connectivity index (χ0n) is 27.1. The van der Waals surface area contributed by atoms with Gasteiger partial charge in [-0.2, -0.15) is 0 Å². The third-order valence-electron chi connectivity index (χ3n) is 8.84. The van der Waals surface area contributed by atoms with Gasteiger partial charge in [0.2, 0.25) is 27.2 Å². The minimum absolute atomic E-state index is 0.158. The summed E-state index contributed by atoms with van der Waals surface area (Å²) in [7, 11) is 0. The van der Waals surface area contributed by atoms with Crippen molar-refractivity contribution in [1.82, 2.24) is 9.80 Å². The highest BCUT2D eigenvalue weighted by molar-refractivity contribution is 7.15. The van der Waals surface area contributed by atoms with Crippen LogP contribution in [0.15, 0.2) is 84.9 Å². The largest absolute Gasteiger partial charge is 0.454 e. The van der Waals surface area contributed by atoms with Gasteiger partial charge < -0.3 is 47.7 Å². The van der Waals surface area contributed by atoms with Gasteiger partial charge in [-0.3, -0.25) is 9.59 Å². The molecule has 0 saturated heterocycles. The molecule has 0 radical (unpaired) electrons. The highest BCUT2D eigenvalue weighted by Gasteiger charge is 2.26. The summed E-state index contributed by atoms with van der Waals surface area (Å²) in [5.74, 6) is 4.78. The number of carbonyl (C=O) groups excluding carboxylic acids is 2. The van der Waals surface area contributed by atoms with Crippen molar-refractivity contribution >= 4 is 23.2 Å². The van der Waals surface area contributed by atoms with Gasteiger partial charge in [-0.1, -0.05) is 24.3 Å². The fourth-order valence-corrected chi connectivity index (χ4v) is 7.26. The lowest BCUT2D eigenvalue weighted by molar-refractivity contribution is 0.0729. The first-order valence-corrected chi connectivity index (χ1v) is 17.1. The molecule has 2 amide bonds. The second kappa shape index (κ2) is 13.0. The predicted molar refractivity (Wildman–Crippen MR) is 182 cm³/mol. The molecule has 0 N–H and O–H groups in total. The summed E-state index contributed by atoms with van der Waals surface area (Å²) >= 11 is 1.17. The van der Waals surface area contributed by atoms with E-state index in [0.717, 1.165) is 22.3 Å². The molecule has 258 valence electrons. The van der Waals surface area contributed by atoms with E-state index in [-0.39, 0.29) is 39.0 Å². The van der Waals surface area contributed by atoms with E-state index in [1.54, 1.807) is 21.9 Å². The van der Waals surface area contributed by atoms with Crippen molar-refractivity contribution in [3.05, 3.63) is 117 Å². The number of carbonyl (C=O) groups is 2. The van der Waals surface area contributed by atoms with E-state index in [1.165, 1.54) is 11.3 Å². The lowest BCUT2D eigenvalue weighted by Gasteiger charge is -2.23. The zero-order chi connectivity index (χ0) is 34.3. The van der Waals surface area contributed by atoms with Gasteiger partial charge in [-0.15, -0.1) is 11.3 Å². The monoisotopic (exact) mass is 706 g/mol. The van der Waals surface area contributed by atoms with Crippen LogP contribution >= 0.6 is 11.3 Å². The predicted octanol–water partition coefficient (Wildman–Crippen LogP) is 6.35. The van der Waals surface area contributed by atoms with Crippen molar-refractivity contribution in [2.75, 3.05) is 27.2 Å². The highest BCUT2D eigenvalue weighted by Crippen LogP contribution is 2.37. The third-order valence-corrected chi connectivity index (χ3v) is 9.90. The van der Waals surface area contributed by atoms with Gasteiger partial charge in [0.15, 0.2) is 46.0 Å². The Labute approximate surface area is 296 Å². The SMILES string of the molecule is O=C(c1ccc(C(=O)N(Cc2ccc3c(c2)OCO3)Cc2ccc3c(c2)OCO3)s1)N(Cc1ccc2c(c1)OCO2)Cc1ccc2c(c1)OCO2. The van der Waals surface area contributed by atoms with Gasteiger partial charge in [-0.25, -0.2) is 0 Å². The van der Waals surface area contributed by atoms with Gasteiger partial charge in [0.05, 0.1) is 9.75 Å². The first-order valence-electron chi connectivity index (χ1n) is 16.2. The second-order valence-corrected chi connectivity index (χ2v) is 13.3. The normalized spacial score (nSPS) is 14.1. The molecular weight excluding hydrogens is 676 g/mol. The van der Waals surface area contributed by atoms with Crippen molar-refractivity contribution in [2.45, 2.75) is 26.2 Å². The van der Waals surface area contributed by atoms with Crippen LogP contribution in [0, 0.1) is 0 Å². The molecule has 51 heavy (non-hydrogen) atoms. The summed E-state index contributed by atoms with van der Waals surface area (Å²) in [4.78, 5) is 32.9. The minimum Gasteiger partial charge on any atom is -0.454 e. The number of amides is 2. The van der Waals surface area contributed by atoms with Gasteiger partial charge in [0, 0.05) is 26.2 Å². The van der Waals surface area contributed by atoms with E-state index < -0.39 is 0 Å². The number of fused-ring (bicyclic) bond motifs is 4. The molecule has 5 heterocycles. The van der Waals surface area contributed by atoms with Crippen LogP contribution in [-0.2, 0) is 26.2 Å². The number of hydrogen-bond acceptors (Lipinski definition) is 11. The van der Waals surface area contributed by atoms with Crippen molar-refractivity contribution in [1.29, 1.82) is 0 Å². The first kappa shape index (κ1) is 30.9. The van der Waals surface area contributed by atoms with Gasteiger partial charge in [0.25, 0.3) is 11.8 Å². The molecule has 4 aliphatic rings. The van der Waals surface area contributed by atoms with Crippen molar-refractivity contribution in [3.8, 4) is 46.0 Å². The summed E-state index contributed by atoms with van der Waals surface area (Å²) in [5.41, 5.74) is 3.50. The number of hydrogen-bond donors (Lipinski definition) is 0. The van der Waals surface area contributed by atoms with E-state index in [1.807, 2.05) is 72.8 Å². The summed E-state index contributed by atoms with van der Waals surface area (Å²) in [6.07, 6.45) is 0. The number of ether oxygens (including phenoxy) is 8. The van der Waals surface area contributed by atoms with Gasteiger partial charge >= 0.3 is 0 Å². The van der Waals surface area contributed by atoms with Gasteiger partial charge in [-0.05, 0) is 82.9 Å². The van der Waals surface area contributed by atoms with Crippen molar-refractivity contribution < 1.29 is 47.5 Å². The van der Waals surface area contributed by atoms with Crippen LogP contribution in [0.2, 0.25) is 0 Å². The lowest BCUT2D eigenvalue weighted by Crippen LogP contribution is -2.30. The molecule has 5 aromatic rings. The summed E-state index contributed by atoms with van der Waals surface area (Å²) in [6.45, 7) is 1.82. The first-order chi connectivity index (χ1) is 25.0. The molecule has 13 heteroatoms. The molecule has 0 aliphatic carbocycles. The van der Waals surface area contributed by atoms with Crippen LogP contribution in [0.1, 0.15) is 41.6 Å².